The van der Waals surface area contributed by atoms with Crippen molar-refractivity contribution in [2.45, 2.75) is 45.7 Å². The van der Waals surface area contributed by atoms with Gasteiger partial charge in [0.2, 0.25) is 6.54 Å². The number of likely N-dealkylation sites (N-methyl/N-ethyl adjacent to an activating group) is 1. The molecule has 2 aromatic rings. The van der Waals surface area contributed by atoms with Gasteiger partial charge >= 0.3 is 0 Å². The number of carbonyl (C=O) groups is 1. The molecular weight excluding hydrogens is 374 g/mol. The van der Waals surface area contributed by atoms with E-state index in [1.807, 2.05) is 17.0 Å². The molecule has 0 saturated carbocycles. The molecule has 2 rings (SSSR count). The van der Waals surface area contributed by atoms with E-state index in [0.717, 1.165) is 12.8 Å². The number of nitrogens with zero attached hydrogens (tertiary/aromatic N) is 2. The molecule has 6 heteroatoms. The molecule has 3 nitrogen and oxygen atoms in total. The van der Waals surface area contributed by atoms with Crippen LogP contribution in [0.4, 0.5) is 4.39 Å². The lowest BCUT2D eigenvalue weighted by Crippen LogP contribution is -3.00. The maximum atomic E-state index is 13.9. The average molecular weight is 399 g/mol. The number of amides is 1. The second-order valence-electron chi connectivity index (χ2n) is 6.27. The van der Waals surface area contributed by atoms with Crippen LogP contribution in [0.25, 0.3) is 0 Å². The van der Waals surface area contributed by atoms with Crippen LogP contribution in [0.2, 0.25) is 5.02 Å². The van der Waals surface area contributed by atoms with Crippen molar-refractivity contribution in [3.05, 3.63) is 64.7 Å². The summed E-state index contributed by atoms with van der Waals surface area (Å²) in [4.78, 5) is 13.9. The maximum absolute atomic E-state index is 13.9. The van der Waals surface area contributed by atoms with Crippen LogP contribution < -0.4 is 17.0 Å². The molecule has 1 aromatic carbocycles. The number of halogens is 3. The van der Waals surface area contributed by atoms with Gasteiger partial charge in [-0.05, 0) is 36.5 Å². The quantitative estimate of drug-likeness (QED) is 0.645. The van der Waals surface area contributed by atoms with Gasteiger partial charge in [-0.3, -0.25) is 4.79 Å². The third kappa shape index (κ3) is 5.68. The van der Waals surface area contributed by atoms with Gasteiger partial charge in [0.05, 0.1) is 0 Å². The standard InChI is InChI=1S/C20H25ClFN2O.ClH/c1-4-15(5-2)16-9-11-24(12-10-16)14-20(25)23(3)13-17-18(21)7-6-8-19(17)22;/h6-12,15H,4-5,13-14H2,1-3H3;1H/q+1;/p-1. The molecule has 142 valence electrons. The van der Waals surface area contributed by atoms with Crippen molar-refractivity contribution >= 4 is 17.5 Å². The molecule has 0 bridgehead atoms. The Bertz CT molecular complexity index is 698. The Hall–Kier alpha value is -1.65. The highest BCUT2D eigenvalue weighted by molar-refractivity contribution is 6.31. The number of hydrogen-bond acceptors (Lipinski definition) is 1. The van der Waals surface area contributed by atoms with Crippen LogP contribution in [-0.2, 0) is 17.9 Å². The summed E-state index contributed by atoms with van der Waals surface area (Å²) in [7, 11) is 1.66. The largest absolute Gasteiger partial charge is 1.00 e. The summed E-state index contributed by atoms with van der Waals surface area (Å²) >= 11 is 6.03. The van der Waals surface area contributed by atoms with Crippen molar-refractivity contribution in [1.29, 1.82) is 0 Å². The van der Waals surface area contributed by atoms with E-state index >= 15 is 0 Å². The highest BCUT2D eigenvalue weighted by Gasteiger charge is 2.18. The van der Waals surface area contributed by atoms with Crippen LogP contribution in [0.5, 0.6) is 0 Å². The number of pyridine rings is 1. The van der Waals surface area contributed by atoms with Crippen LogP contribution in [0.1, 0.15) is 43.7 Å². The zero-order chi connectivity index (χ0) is 18.4. The van der Waals surface area contributed by atoms with Gasteiger partial charge in [-0.1, -0.05) is 31.5 Å². The summed E-state index contributed by atoms with van der Waals surface area (Å²) in [5.74, 6) is 0.0603. The van der Waals surface area contributed by atoms with Crippen LogP contribution in [0.15, 0.2) is 42.7 Å². The van der Waals surface area contributed by atoms with Gasteiger partial charge in [0.15, 0.2) is 12.4 Å². The van der Waals surface area contributed by atoms with Gasteiger partial charge in [-0.2, -0.15) is 4.57 Å². The second kappa shape index (κ2) is 10.5. The molecule has 1 amide bonds. The molecule has 0 fully saturated rings. The molecule has 1 heterocycles. The van der Waals surface area contributed by atoms with Crippen molar-refractivity contribution in [1.82, 2.24) is 4.90 Å². The summed E-state index contributed by atoms with van der Waals surface area (Å²) in [6, 6.07) is 8.67. The molecule has 0 N–H and O–H groups in total. The molecule has 0 atom stereocenters. The molecule has 0 saturated heterocycles. The highest BCUT2D eigenvalue weighted by atomic mass is 35.5. The SMILES string of the molecule is CCC(CC)c1cc[n+](CC(=O)N(C)Cc2c(F)cccc2Cl)cc1.[Cl-]. The molecule has 0 spiro atoms. The van der Waals surface area contributed by atoms with Gasteiger partial charge in [0.1, 0.15) is 5.82 Å². The first kappa shape index (κ1) is 22.4. The summed E-state index contributed by atoms with van der Waals surface area (Å²) in [6.07, 6.45) is 6.06. The average Bonchev–Trinajstić information content (AvgIpc) is 2.60. The summed E-state index contributed by atoms with van der Waals surface area (Å²) in [5.41, 5.74) is 1.63. The van der Waals surface area contributed by atoms with E-state index in [1.54, 1.807) is 19.2 Å². The summed E-state index contributed by atoms with van der Waals surface area (Å²) < 4.78 is 15.7. The summed E-state index contributed by atoms with van der Waals surface area (Å²) in [5, 5.41) is 0.335. The minimum Gasteiger partial charge on any atom is -1.00 e. The Labute approximate surface area is 166 Å². The minimum absolute atomic E-state index is 0. The predicted octanol–water partition coefficient (Wildman–Crippen LogP) is 1.33. The Kier molecular flexibility index (Phi) is 9.03. The lowest BCUT2D eigenvalue weighted by Gasteiger charge is -2.17. The van der Waals surface area contributed by atoms with Crippen molar-refractivity contribution in [3.8, 4) is 0 Å². The number of carbonyl (C=O) groups excluding carboxylic acids is 1. The second-order valence-corrected chi connectivity index (χ2v) is 6.67. The fourth-order valence-corrected chi connectivity index (χ4v) is 3.11. The van der Waals surface area contributed by atoms with E-state index < -0.39 is 5.82 Å². The van der Waals surface area contributed by atoms with Gasteiger partial charge in [-0.15, -0.1) is 0 Å². The van der Waals surface area contributed by atoms with Crippen LogP contribution >= 0.6 is 11.6 Å². The van der Waals surface area contributed by atoms with Crippen molar-refractivity contribution in [2.24, 2.45) is 0 Å². The van der Waals surface area contributed by atoms with E-state index in [-0.39, 0.29) is 31.4 Å². The van der Waals surface area contributed by atoms with Gasteiger partial charge in [0, 0.05) is 36.3 Å². The summed E-state index contributed by atoms with van der Waals surface area (Å²) in [6.45, 7) is 4.73. The fourth-order valence-electron chi connectivity index (χ4n) is 2.89. The fraction of sp³-hybridized carbons (Fsp3) is 0.400. The predicted molar refractivity (Wildman–Crippen MR) is 97.8 cm³/mol. The molecule has 26 heavy (non-hydrogen) atoms. The normalized spacial score (nSPS) is 10.5. The zero-order valence-corrected chi connectivity index (χ0v) is 16.9. The van der Waals surface area contributed by atoms with E-state index in [4.69, 9.17) is 11.6 Å². The minimum atomic E-state index is -0.394. The van der Waals surface area contributed by atoms with Gasteiger partial charge in [0.25, 0.3) is 5.91 Å². The van der Waals surface area contributed by atoms with Gasteiger partial charge < -0.3 is 17.3 Å². The molecule has 0 aliphatic rings. The molecule has 0 aliphatic heterocycles. The van der Waals surface area contributed by atoms with Gasteiger partial charge in [-0.25, -0.2) is 4.39 Å². The van der Waals surface area contributed by atoms with E-state index in [9.17, 15) is 9.18 Å². The highest BCUT2D eigenvalue weighted by Crippen LogP contribution is 2.22. The topological polar surface area (TPSA) is 24.2 Å². The van der Waals surface area contributed by atoms with Crippen LogP contribution in [0, 0.1) is 5.82 Å². The molecule has 0 aliphatic carbocycles. The Balaban J connectivity index is 0.00000338. The molecule has 0 radical (unpaired) electrons. The lowest BCUT2D eigenvalue weighted by molar-refractivity contribution is -0.685. The third-order valence-electron chi connectivity index (χ3n) is 4.57. The van der Waals surface area contributed by atoms with Crippen molar-refractivity contribution in [2.75, 3.05) is 7.05 Å². The first-order chi connectivity index (χ1) is 12.0. The molecular formula is C20H25Cl2FN2O. The maximum Gasteiger partial charge on any atom is 0.288 e. The van der Waals surface area contributed by atoms with E-state index in [1.165, 1.54) is 16.5 Å². The smallest absolute Gasteiger partial charge is 0.288 e. The monoisotopic (exact) mass is 398 g/mol. The molecule has 0 unspecified atom stereocenters. The number of hydrogen-bond donors (Lipinski definition) is 0. The van der Waals surface area contributed by atoms with Crippen LogP contribution in [0.3, 0.4) is 0 Å². The van der Waals surface area contributed by atoms with Crippen molar-refractivity contribution < 1.29 is 26.2 Å². The number of benzene rings is 1. The Morgan fingerprint density at radius 1 is 1.19 bits per heavy atom. The van der Waals surface area contributed by atoms with Crippen LogP contribution in [-0.4, -0.2) is 17.9 Å². The van der Waals surface area contributed by atoms with Crippen molar-refractivity contribution in [3.63, 3.8) is 0 Å². The number of rotatable bonds is 7. The number of aromatic nitrogens is 1. The Morgan fingerprint density at radius 2 is 1.81 bits per heavy atom. The zero-order valence-electron chi connectivity index (χ0n) is 15.4. The first-order valence-corrected chi connectivity index (χ1v) is 8.99. The van der Waals surface area contributed by atoms with E-state index in [0.29, 0.717) is 16.5 Å². The Morgan fingerprint density at radius 3 is 2.35 bits per heavy atom. The van der Waals surface area contributed by atoms with E-state index in [2.05, 4.69) is 26.0 Å². The lowest BCUT2D eigenvalue weighted by atomic mass is 9.95. The third-order valence-corrected chi connectivity index (χ3v) is 4.93. The molecule has 1 aromatic heterocycles. The first-order valence-electron chi connectivity index (χ1n) is 8.62.